The van der Waals surface area contributed by atoms with Gasteiger partial charge in [-0.25, -0.2) is 4.79 Å². The summed E-state index contributed by atoms with van der Waals surface area (Å²) in [4.78, 5) is 11.2. The molecule has 0 saturated carbocycles. The largest absolute Gasteiger partial charge is 0.465 e. The van der Waals surface area contributed by atoms with Crippen LogP contribution in [0.25, 0.3) is 5.52 Å². The van der Waals surface area contributed by atoms with E-state index < -0.39 is 0 Å². The number of carbonyl (C=O) groups excluding carboxylic acids is 1. The summed E-state index contributed by atoms with van der Waals surface area (Å²) >= 11 is 0. The van der Waals surface area contributed by atoms with Crippen molar-refractivity contribution in [2.24, 2.45) is 0 Å². The van der Waals surface area contributed by atoms with Crippen molar-refractivity contribution in [1.82, 2.24) is 4.40 Å². The summed E-state index contributed by atoms with van der Waals surface area (Å²) in [6.45, 7) is 2.01. The highest BCUT2D eigenvalue weighted by Gasteiger charge is 2.07. The number of methoxy groups -OCH3 is 1. The second-order valence-electron chi connectivity index (χ2n) is 3.26. The van der Waals surface area contributed by atoms with E-state index in [9.17, 15) is 4.79 Å². The molecule has 0 radical (unpaired) electrons. The molecule has 2 aromatic heterocycles. The summed E-state index contributed by atoms with van der Waals surface area (Å²) in [6, 6.07) is 5.80. The maximum atomic E-state index is 11.2. The van der Waals surface area contributed by atoms with Crippen LogP contribution in [0, 0.1) is 6.92 Å². The van der Waals surface area contributed by atoms with Crippen molar-refractivity contribution in [2.45, 2.75) is 6.92 Å². The fourth-order valence-corrected chi connectivity index (χ4v) is 1.45. The number of carbonyl (C=O) groups is 1. The van der Waals surface area contributed by atoms with E-state index in [1.807, 2.05) is 35.7 Å². The highest BCUT2D eigenvalue weighted by molar-refractivity contribution is 5.91. The number of esters is 1. The Morgan fingerprint density at radius 1 is 1.36 bits per heavy atom. The van der Waals surface area contributed by atoms with Crippen molar-refractivity contribution in [3.63, 3.8) is 0 Å². The molecule has 2 rings (SSSR count). The maximum absolute atomic E-state index is 11.2. The molecule has 3 heteroatoms. The number of rotatable bonds is 1. The summed E-state index contributed by atoms with van der Waals surface area (Å²) in [5, 5.41) is 0. The first-order chi connectivity index (χ1) is 6.70. The molecule has 0 aliphatic heterocycles. The van der Waals surface area contributed by atoms with Crippen molar-refractivity contribution in [1.29, 1.82) is 0 Å². The average Bonchev–Trinajstić information content (AvgIpc) is 2.59. The summed E-state index contributed by atoms with van der Waals surface area (Å²) in [5.41, 5.74) is 2.73. The summed E-state index contributed by atoms with van der Waals surface area (Å²) in [5.74, 6) is -0.300. The lowest BCUT2D eigenvalue weighted by Gasteiger charge is -1.94. The summed E-state index contributed by atoms with van der Waals surface area (Å²) in [7, 11) is 1.38. The van der Waals surface area contributed by atoms with Gasteiger partial charge in [-0.2, -0.15) is 0 Å². The number of hydrogen-bond donors (Lipinski definition) is 0. The van der Waals surface area contributed by atoms with Crippen molar-refractivity contribution in [3.05, 3.63) is 41.7 Å². The Bertz CT molecular complexity index is 485. The molecule has 3 nitrogen and oxygen atoms in total. The van der Waals surface area contributed by atoms with Crippen LogP contribution in [-0.4, -0.2) is 17.5 Å². The van der Waals surface area contributed by atoms with Gasteiger partial charge in [0.1, 0.15) is 0 Å². The van der Waals surface area contributed by atoms with Crippen LogP contribution in [0.3, 0.4) is 0 Å². The Morgan fingerprint density at radius 2 is 2.14 bits per heavy atom. The van der Waals surface area contributed by atoms with E-state index in [0.29, 0.717) is 5.56 Å². The predicted octanol–water partition coefficient (Wildman–Crippen LogP) is 2.03. The predicted molar refractivity (Wildman–Crippen MR) is 53.5 cm³/mol. The Kier molecular flexibility index (Phi) is 2.00. The zero-order valence-corrected chi connectivity index (χ0v) is 8.15. The zero-order chi connectivity index (χ0) is 10.1. The van der Waals surface area contributed by atoms with Crippen molar-refractivity contribution >= 4 is 11.5 Å². The number of aromatic nitrogens is 1. The molecule has 0 atom stereocenters. The smallest absolute Gasteiger partial charge is 0.339 e. The highest BCUT2D eigenvalue weighted by atomic mass is 16.5. The molecule has 0 aliphatic rings. The molecule has 2 heterocycles. The first kappa shape index (κ1) is 8.81. The molecule has 0 saturated heterocycles. The molecule has 0 bridgehead atoms. The van der Waals surface area contributed by atoms with Gasteiger partial charge in [0.25, 0.3) is 0 Å². The van der Waals surface area contributed by atoms with Gasteiger partial charge in [-0.05, 0) is 24.6 Å². The topological polar surface area (TPSA) is 30.7 Å². The van der Waals surface area contributed by atoms with Crippen molar-refractivity contribution in [2.75, 3.05) is 7.11 Å². The fraction of sp³-hybridized carbons (Fsp3) is 0.182. The lowest BCUT2D eigenvalue weighted by Crippen LogP contribution is -1.98. The van der Waals surface area contributed by atoms with E-state index in [4.69, 9.17) is 0 Å². The van der Waals surface area contributed by atoms with Crippen LogP contribution in [0.4, 0.5) is 0 Å². The van der Waals surface area contributed by atoms with E-state index in [1.54, 1.807) is 6.20 Å². The third kappa shape index (κ3) is 1.37. The quantitative estimate of drug-likeness (QED) is 0.643. The molecule has 2 aromatic rings. The third-order valence-corrected chi connectivity index (χ3v) is 2.16. The van der Waals surface area contributed by atoms with Gasteiger partial charge in [-0.15, -0.1) is 0 Å². The first-order valence-corrected chi connectivity index (χ1v) is 4.37. The lowest BCUT2D eigenvalue weighted by atomic mass is 10.3. The monoisotopic (exact) mass is 189 g/mol. The molecular weight excluding hydrogens is 178 g/mol. The first-order valence-electron chi connectivity index (χ1n) is 4.37. The number of ether oxygens (including phenoxy) is 1. The SMILES string of the molecule is COC(=O)c1cc2ccc(C)cn2c1. The van der Waals surface area contributed by atoms with Crippen molar-refractivity contribution < 1.29 is 9.53 Å². The molecule has 14 heavy (non-hydrogen) atoms. The van der Waals surface area contributed by atoms with Crippen molar-refractivity contribution in [3.8, 4) is 0 Å². The van der Waals surface area contributed by atoms with Crippen LogP contribution >= 0.6 is 0 Å². The summed E-state index contributed by atoms with van der Waals surface area (Å²) in [6.07, 6.45) is 3.75. The van der Waals surface area contributed by atoms with Gasteiger partial charge in [-0.1, -0.05) is 6.07 Å². The Balaban J connectivity index is 2.56. The standard InChI is InChI=1S/C11H11NO2/c1-8-3-4-10-5-9(11(13)14-2)7-12(10)6-8/h3-7H,1-2H3. The average molecular weight is 189 g/mol. The zero-order valence-electron chi connectivity index (χ0n) is 8.15. The minimum absolute atomic E-state index is 0.300. The normalized spacial score (nSPS) is 10.4. The number of hydrogen-bond acceptors (Lipinski definition) is 2. The van der Waals surface area contributed by atoms with Crippen LogP contribution < -0.4 is 0 Å². The van der Waals surface area contributed by atoms with Gasteiger partial charge in [0.15, 0.2) is 0 Å². The number of pyridine rings is 1. The molecule has 0 aromatic carbocycles. The summed E-state index contributed by atoms with van der Waals surface area (Å²) < 4.78 is 6.56. The minimum Gasteiger partial charge on any atom is -0.465 e. The fourth-order valence-electron chi connectivity index (χ4n) is 1.45. The van der Waals surface area contributed by atoms with Gasteiger partial charge in [-0.3, -0.25) is 0 Å². The van der Waals surface area contributed by atoms with Gasteiger partial charge in [0.2, 0.25) is 0 Å². The molecule has 0 N–H and O–H groups in total. The minimum atomic E-state index is -0.300. The molecule has 0 unspecified atom stereocenters. The Labute approximate surface area is 81.9 Å². The second kappa shape index (κ2) is 3.18. The lowest BCUT2D eigenvalue weighted by molar-refractivity contribution is 0.0601. The van der Waals surface area contributed by atoms with Crippen LogP contribution in [0.5, 0.6) is 0 Å². The van der Waals surface area contributed by atoms with Crippen LogP contribution in [0.15, 0.2) is 30.6 Å². The highest BCUT2D eigenvalue weighted by Crippen LogP contribution is 2.12. The molecule has 0 fully saturated rings. The van der Waals surface area contributed by atoms with Gasteiger partial charge < -0.3 is 9.14 Å². The number of fused-ring (bicyclic) bond motifs is 1. The van der Waals surface area contributed by atoms with Gasteiger partial charge in [0.05, 0.1) is 12.7 Å². The van der Waals surface area contributed by atoms with E-state index in [-0.39, 0.29) is 5.97 Å². The molecule has 0 spiro atoms. The van der Waals surface area contributed by atoms with Gasteiger partial charge in [0, 0.05) is 17.9 Å². The number of aryl methyl sites for hydroxylation is 1. The van der Waals surface area contributed by atoms with Crippen LogP contribution in [-0.2, 0) is 4.74 Å². The molecule has 0 amide bonds. The molecule has 72 valence electrons. The Morgan fingerprint density at radius 3 is 2.86 bits per heavy atom. The molecule has 0 aliphatic carbocycles. The van der Waals surface area contributed by atoms with E-state index in [0.717, 1.165) is 11.1 Å². The Hall–Kier alpha value is -1.77. The van der Waals surface area contributed by atoms with Crippen LogP contribution in [0.2, 0.25) is 0 Å². The van der Waals surface area contributed by atoms with Gasteiger partial charge >= 0.3 is 5.97 Å². The van der Waals surface area contributed by atoms with E-state index >= 15 is 0 Å². The maximum Gasteiger partial charge on any atom is 0.339 e. The molecular formula is C11H11NO2. The van der Waals surface area contributed by atoms with Crippen LogP contribution in [0.1, 0.15) is 15.9 Å². The number of nitrogens with zero attached hydrogens (tertiary/aromatic N) is 1. The third-order valence-electron chi connectivity index (χ3n) is 2.16. The van der Waals surface area contributed by atoms with E-state index in [1.165, 1.54) is 7.11 Å². The van der Waals surface area contributed by atoms with E-state index in [2.05, 4.69) is 4.74 Å². The second-order valence-corrected chi connectivity index (χ2v) is 3.26.